The Balaban J connectivity index is 2.04. The van der Waals surface area contributed by atoms with Gasteiger partial charge in [0.25, 0.3) is 0 Å². The summed E-state index contributed by atoms with van der Waals surface area (Å²) in [6.45, 7) is 2.94. The normalized spacial score (nSPS) is 10.7. The van der Waals surface area contributed by atoms with Crippen molar-refractivity contribution in [1.29, 1.82) is 0 Å². The van der Waals surface area contributed by atoms with E-state index in [0.717, 1.165) is 15.7 Å². The average molecular weight is 431 g/mol. The Morgan fingerprint density at radius 1 is 1.00 bits per heavy atom. The molecule has 3 nitrogen and oxygen atoms in total. The molecule has 0 aromatic heterocycles. The zero-order chi connectivity index (χ0) is 16.9. The minimum absolute atomic E-state index is 0.195. The number of ether oxygens (including phenoxy) is 1. The molecule has 0 fully saturated rings. The quantitative estimate of drug-likeness (QED) is 0.328. The Hall–Kier alpha value is -0.780. The second-order valence-electron chi connectivity index (χ2n) is 5.96. The maximum Gasteiger partial charge on any atom is 0.132 e. The lowest BCUT2D eigenvalue weighted by atomic mass is 10.1. The first kappa shape index (κ1) is 20.3. The van der Waals surface area contributed by atoms with Crippen LogP contribution in [-0.2, 0) is 0 Å². The van der Waals surface area contributed by atoms with Crippen LogP contribution in [0.25, 0.3) is 0 Å². The third-order valence-corrected chi connectivity index (χ3v) is 4.77. The third-order valence-electron chi connectivity index (χ3n) is 3.92. The third kappa shape index (κ3) is 9.18. The van der Waals surface area contributed by atoms with Crippen LogP contribution in [0.15, 0.2) is 18.2 Å². The van der Waals surface area contributed by atoms with E-state index in [0.29, 0.717) is 6.61 Å². The molecule has 0 radical (unpaired) electrons. The van der Waals surface area contributed by atoms with Gasteiger partial charge < -0.3 is 14.6 Å². The number of halogens is 1. The van der Waals surface area contributed by atoms with E-state index < -0.39 is 5.97 Å². The van der Waals surface area contributed by atoms with E-state index in [-0.39, 0.29) is 5.56 Å². The first-order valence-electron chi connectivity index (χ1n) is 8.79. The van der Waals surface area contributed by atoms with Crippen molar-refractivity contribution in [2.45, 2.75) is 71.1 Å². The molecule has 0 bridgehead atoms. The van der Waals surface area contributed by atoms with Gasteiger partial charge in [-0.25, -0.2) is 0 Å². The molecule has 130 valence electrons. The van der Waals surface area contributed by atoms with Crippen LogP contribution in [-0.4, -0.2) is 12.6 Å². The van der Waals surface area contributed by atoms with Crippen LogP contribution in [0.4, 0.5) is 0 Å². The predicted octanol–water partition coefficient (Wildman–Crippen LogP) is 4.95. The van der Waals surface area contributed by atoms with Gasteiger partial charge in [0, 0.05) is 0 Å². The Bertz CT molecular complexity index is 460. The summed E-state index contributed by atoms with van der Waals surface area (Å²) in [5.74, 6) is -0.393. The van der Waals surface area contributed by atoms with Gasteiger partial charge in [0.15, 0.2) is 0 Å². The first-order valence-corrected chi connectivity index (χ1v) is 9.86. The number of hydrogen-bond donors (Lipinski definition) is 0. The summed E-state index contributed by atoms with van der Waals surface area (Å²) in [7, 11) is 0. The minimum Gasteiger partial charge on any atom is -0.545 e. The zero-order valence-electron chi connectivity index (χ0n) is 14.1. The van der Waals surface area contributed by atoms with Crippen LogP contribution in [0.2, 0.25) is 0 Å². The SMILES string of the molecule is CCCCCCCCCCCCOc1ccc(C(=O)[O-])cc1I. The number of hydrogen-bond acceptors (Lipinski definition) is 3. The van der Waals surface area contributed by atoms with E-state index in [4.69, 9.17) is 4.74 Å². The minimum atomic E-state index is -1.15. The number of carbonyl (C=O) groups is 1. The van der Waals surface area contributed by atoms with Crippen LogP contribution in [0.1, 0.15) is 81.5 Å². The number of carboxylic acid groups (broad SMARTS) is 1. The summed E-state index contributed by atoms with van der Waals surface area (Å²) < 4.78 is 6.54. The van der Waals surface area contributed by atoms with Crippen molar-refractivity contribution in [3.8, 4) is 5.75 Å². The number of aromatic carboxylic acids is 1. The van der Waals surface area contributed by atoms with Crippen LogP contribution in [0.3, 0.4) is 0 Å². The van der Waals surface area contributed by atoms with Crippen molar-refractivity contribution in [2.75, 3.05) is 6.61 Å². The van der Waals surface area contributed by atoms with E-state index in [9.17, 15) is 9.90 Å². The fourth-order valence-corrected chi connectivity index (χ4v) is 3.19. The van der Waals surface area contributed by atoms with Gasteiger partial charge in [-0.05, 0) is 52.8 Å². The van der Waals surface area contributed by atoms with Crippen molar-refractivity contribution >= 4 is 28.6 Å². The predicted molar refractivity (Wildman–Crippen MR) is 101 cm³/mol. The van der Waals surface area contributed by atoms with Crippen molar-refractivity contribution < 1.29 is 14.6 Å². The molecule has 0 unspecified atom stereocenters. The highest BCUT2D eigenvalue weighted by molar-refractivity contribution is 14.1. The molecule has 0 aliphatic heterocycles. The molecule has 0 saturated carbocycles. The second kappa shape index (κ2) is 12.6. The molecule has 0 saturated heterocycles. The summed E-state index contributed by atoms with van der Waals surface area (Å²) in [6, 6.07) is 4.83. The molecule has 4 heteroatoms. The standard InChI is InChI=1S/C19H29IO3/c1-2-3-4-5-6-7-8-9-10-11-14-23-18-13-12-16(19(21)22)15-17(18)20/h12-13,15H,2-11,14H2,1H3,(H,21,22)/p-1. The molecule has 0 heterocycles. The van der Waals surface area contributed by atoms with Gasteiger partial charge >= 0.3 is 0 Å². The number of carbonyl (C=O) groups excluding carboxylic acids is 1. The van der Waals surface area contributed by atoms with Gasteiger partial charge in [-0.15, -0.1) is 0 Å². The molecule has 23 heavy (non-hydrogen) atoms. The van der Waals surface area contributed by atoms with E-state index in [2.05, 4.69) is 29.5 Å². The largest absolute Gasteiger partial charge is 0.545 e. The molecule has 0 aliphatic carbocycles. The molecule has 1 aromatic rings. The molecule has 1 aromatic carbocycles. The van der Waals surface area contributed by atoms with Crippen LogP contribution < -0.4 is 9.84 Å². The van der Waals surface area contributed by atoms with Gasteiger partial charge in [-0.2, -0.15) is 0 Å². The van der Waals surface area contributed by atoms with E-state index >= 15 is 0 Å². The van der Waals surface area contributed by atoms with Gasteiger partial charge in [0.2, 0.25) is 0 Å². The zero-order valence-corrected chi connectivity index (χ0v) is 16.3. The van der Waals surface area contributed by atoms with Gasteiger partial charge in [-0.1, -0.05) is 64.7 Å². The lowest BCUT2D eigenvalue weighted by Gasteiger charge is -2.10. The molecule has 0 N–H and O–H groups in total. The van der Waals surface area contributed by atoms with Crippen LogP contribution in [0, 0.1) is 3.57 Å². The molecule has 1 rings (SSSR count). The Morgan fingerprint density at radius 3 is 2.09 bits per heavy atom. The second-order valence-corrected chi connectivity index (χ2v) is 7.13. The van der Waals surface area contributed by atoms with E-state index in [1.54, 1.807) is 12.1 Å². The topological polar surface area (TPSA) is 49.4 Å². The smallest absolute Gasteiger partial charge is 0.132 e. The maximum absolute atomic E-state index is 10.8. The highest BCUT2D eigenvalue weighted by Gasteiger charge is 2.03. The monoisotopic (exact) mass is 431 g/mol. The summed E-state index contributed by atoms with van der Waals surface area (Å²) >= 11 is 2.10. The molecule has 0 amide bonds. The van der Waals surface area contributed by atoms with E-state index in [1.165, 1.54) is 63.9 Å². The van der Waals surface area contributed by atoms with Crippen molar-refractivity contribution in [3.05, 3.63) is 27.3 Å². The van der Waals surface area contributed by atoms with Crippen LogP contribution in [0.5, 0.6) is 5.75 Å². The van der Waals surface area contributed by atoms with Gasteiger partial charge in [0.1, 0.15) is 5.75 Å². The summed E-state index contributed by atoms with van der Waals surface area (Å²) in [5.41, 5.74) is 0.195. The molecular formula is C19H28IO3-. The highest BCUT2D eigenvalue weighted by Crippen LogP contribution is 2.22. The number of benzene rings is 1. The van der Waals surface area contributed by atoms with Crippen molar-refractivity contribution in [2.24, 2.45) is 0 Å². The molecule has 0 spiro atoms. The molecule has 0 atom stereocenters. The first-order chi connectivity index (χ1) is 11.1. The number of unbranched alkanes of at least 4 members (excludes halogenated alkanes) is 9. The Morgan fingerprint density at radius 2 is 1.57 bits per heavy atom. The summed E-state index contributed by atoms with van der Waals surface area (Å²) in [6.07, 6.45) is 13.0. The average Bonchev–Trinajstić information content (AvgIpc) is 2.53. The summed E-state index contributed by atoms with van der Waals surface area (Å²) in [5, 5.41) is 10.8. The summed E-state index contributed by atoms with van der Waals surface area (Å²) in [4.78, 5) is 10.8. The van der Waals surface area contributed by atoms with Gasteiger partial charge in [0.05, 0.1) is 16.1 Å². The molecular weight excluding hydrogens is 403 g/mol. The highest BCUT2D eigenvalue weighted by atomic mass is 127. The number of carboxylic acids is 1. The van der Waals surface area contributed by atoms with Gasteiger partial charge in [-0.3, -0.25) is 0 Å². The lowest BCUT2D eigenvalue weighted by molar-refractivity contribution is -0.255. The molecule has 0 aliphatic rings. The lowest BCUT2D eigenvalue weighted by Crippen LogP contribution is -2.22. The fraction of sp³-hybridized carbons (Fsp3) is 0.632. The Kier molecular flexibility index (Phi) is 11.1. The maximum atomic E-state index is 10.8. The Labute approximate surface area is 154 Å². The number of rotatable bonds is 13. The van der Waals surface area contributed by atoms with Crippen molar-refractivity contribution in [3.63, 3.8) is 0 Å². The van der Waals surface area contributed by atoms with Crippen molar-refractivity contribution in [1.82, 2.24) is 0 Å². The fourth-order valence-electron chi connectivity index (χ4n) is 2.52. The van der Waals surface area contributed by atoms with E-state index in [1.807, 2.05) is 0 Å². The van der Waals surface area contributed by atoms with Crippen LogP contribution >= 0.6 is 22.6 Å².